The number of unbranched alkanes of at least 4 members (excludes halogenated alkanes) is 1. The predicted octanol–water partition coefficient (Wildman–Crippen LogP) is 1.05. The maximum absolute atomic E-state index is 11.7. The molecule has 17 heavy (non-hydrogen) atoms. The van der Waals surface area contributed by atoms with Crippen molar-refractivity contribution in [1.29, 1.82) is 0 Å². The molecule has 0 unspecified atom stereocenters. The SMILES string of the molecule is CCCCOn1c(SC)c(CC)c(=O)[nH]c1=O. The molecule has 1 aromatic heterocycles. The van der Waals surface area contributed by atoms with Gasteiger partial charge >= 0.3 is 5.69 Å². The number of hydrogen-bond acceptors (Lipinski definition) is 4. The molecule has 0 fully saturated rings. The highest BCUT2D eigenvalue weighted by molar-refractivity contribution is 7.98. The van der Waals surface area contributed by atoms with Crippen LogP contribution < -0.4 is 16.1 Å². The maximum Gasteiger partial charge on any atom is 0.362 e. The van der Waals surface area contributed by atoms with E-state index in [1.54, 1.807) is 0 Å². The minimum atomic E-state index is -0.507. The summed E-state index contributed by atoms with van der Waals surface area (Å²) in [5.41, 5.74) is -0.238. The number of hydrogen-bond donors (Lipinski definition) is 1. The molecule has 0 aliphatic heterocycles. The van der Waals surface area contributed by atoms with Crippen LogP contribution in [0.3, 0.4) is 0 Å². The van der Waals surface area contributed by atoms with E-state index in [4.69, 9.17) is 4.84 Å². The van der Waals surface area contributed by atoms with Gasteiger partial charge in [0.1, 0.15) is 11.6 Å². The second kappa shape index (κ2) is 6.54. The van der Waals surface area contributed by atoms with Gasteiger partial charge in [0, 0.05) is 0 Å². The van der Waals surface area contributed by atoms with Gasteiger partial charge in [0.25, 0.3) is 5.56 Å². The van der Waals surface area contributed by atoms with Crippen LogP contribution in [0.4, 0.5) is 0 Å². The first-order valence-electron chi connectivity index (χ1n) is 5.71. The third-order valence-corrected chi connectivity index (χ3v) is 3.19. The van der Waals surface area contributed by atoms with Crippen LogP contribution in [0.1, 0.15) is 32.3 Å². The number of rotatable bonds is 6. The van der Waals surface area contributed by atoms with Gasteiger partial charge in [0.2, 0.25) is 0 Å². The summed E-state index contributed by atoms with van der Waals surface area (Å²) in [4.78, 5) is 30.9. The highest BCUT2D eigenvalue weighted by Crippen LogP contribution is 2.15. The zero-order chi connectivity index (χ0) is 12.8. The summed E-state index contributed by atoms with van der Waals surface area (Å²) in [5, 5.41) is 0.595. The van der Waals surface area contributed by atoms with Crippen molar-refractivity contribution in [3.8, 4) is 0 Å². The van der Waals surface area contributed by atoms with Gasteiger partial charge in [-0.3, -0.25) is 9.78 Å². The third-order valence-electron chi connectivity index (χ3n) is 2.39. The van der Waals surface area contributed by atoms with Gasteiger partial charge < -0.3 is 4.84 Å². The van der Waals surface area contributed by atoms with Crippen LogP contribution in [0.25, 0.3) is 0 Å². The number of nitrogens with one attached hydrogen (secondary N) is 1. The van der Waals surface area contributed by atoms with Gasteiger partial charge in [-0.05, 0) is 19.1 Å². The minimum absolute atomic E-state index is 0.322. The quantitative estimate of drug-likeness (QED) is 0.470. The van der Waals surface area contributed by atoms with E-state index >= 15 is 0 Å². The Labute approximate surface area is 104 Å². The molecule has 1 heterocycles. The van der Waals surface area contributed by atoms with Crippen LogP contribution in [0.2, 0.25) is 0 Å². The molecule has 96 valence electrons. The van der Waals surface area contributed by atoms with Crippen LogP contribution in [0.15, 0.2) is 14.6 Å². The second-order valence-electron chi connectivity index (χ2n) is 3.58. The van der Waals surface area contributed by atoms with Gasteiger partial charge in [-0.1, -0.05) is 20.3 Å². The smallest absolute Gasteiger partial charge is 0.362 e. The minimum Gasteiger partial charge on any atom is -0.408 e. The summed E-state index contributed by atoms with van der Waals surface area (Å²) in [6.45, 7) is 4.40. The lowest BCUT2D eigenvalue weighted by atomic mass is 10.3. The molecule has 5 nitrogen and oxygen atoms in total. The van der Waals surface area contributed by atoms with E-state index in [1.807, 2.05) is 20.1 Å². The van der Waals surface area contributed by atoms with E-state index in [0.717, 1.165) is 12.8 Å². The van der Waals surface area contributed by atoms with Crippen molar-refractivity contribution in [3.63, 3.8) is 0 Å². The molecule has 1 aromatic rings. The monoisotopic (exact) mass is 258 g/mol. The van der Waals surface area contributed by atoms with Crippen molar-refractivity contribution >= 4 is 11.8 Å². The largest absolute Gasteiger partial charge is 0.408 e. The Hall–Kier alpha value is -1.17. The summed E-state index contributed by atoms with van der Waals surface area (Å²) in [6.07, 6.45) is 4.27. The molecule has 0 saturated carbocycles. The standard InChI is InChI=1S/C11H18N2O3S/c1-4-6-7-16-13-10(17-3)8(5-2)9(14)12-11(13)15/h4-7H2,1-3H3,(H,12,14,15). The molecule has 1 rings (SSSR count). The fourth-order valence-corrected chi connectivity index (χ4v) is 2.26. The van der Waals surface area contributed by atoms with Gasteiger partial charge in [0.15, 0.2) is 0 Å². The number of nitrogens with zero attached hydrogens (tertiary/aromatic N) is 1. The van der Waals surface area contributed by atoms with E-state index in [1.165, 1.54) is 16.5 Å². The van der Waals surface area contributed by atoms with E-state index in [9.17, 15) is 9.59 Å². The van der Waals surface area contributed by atoms with Gasteiger partial charge in [0.05, 0.1) is 5.56 Å². The summed E-state index contributed by atoms with van der Waals surface area (Å²) in [6, 6.07) is 0. The molecular weight excluding hydrogens is 240 g/mol. The first-order chi connectivity index (χ1) is 8.15. The number of H-pyrrole nitrogens is 1. The third kappa shape index (κ3) is 3.15. The van der Waals surface area contributed by atoms with E-state index in [-0.39, 0.29) is 5.56 Å². The predicted molar refractivity (Wildman–Crippen MR) is 68.8 cm³/mol. The second-order valence-corrected chi connectivity index (χ2v) is 4.38. The van der Waals surface area contributed by atoms with E-state index in [2.05, 4.69) is 4.98 Å². The fraction of sp³-hybridized carbons (Fsp3) is 0.636. The summed E-state index contributed by atoms with van der Waals surface area (Å²) in [7, 11) is 0. The van der Waals surface area contributed by atoms with Crippen LogP contribution in [-0.2, 0) is 6.42 Å². The van der Waals surface area contributed by atoms with E-state index < -0.39 is 5.69 Å². The zero-order valence-electron chi connectivity index (χ0n) is 10.4. The van der Waals surface area contributed by atoms with Gasteiger partial charge in [-0.2, -0.15) is 0 Å². The fourth-order valence-electron chi connectivity index (χ4n) is 1.47. The van der Waals surface area contributed by atoms with Crippen molar-refractivity contribution in [2.24, 2.45) is 0 Å². The topological polar surface area (TPSA) is 64.1 Å². The molecule has 0 radical (unpaired) electrons. The molecule has 0 aromatic carbocycles. The first kappa shape index (κ1) is 13.9. The van der Waals surface area contributed by atoms with Gasteiger partial charge in [-0.25, -0.2) is 4.79 Å². The molecule has 0 bridgehead atoms. The normalized spacial score (nSPS) is 10.5. The molecule has 0 amide bonds. The number of aromatic nitrogens is 2. The Balaban J connectivity index is 3.18. The molecule has 0 aliphatic carbocycles. The Morgan fingerprint density at radius 3 is 2.59 bits per heavy atom. The van der Waals surface area contributed by atoms with Crippen molar-refractivity contribution in [2.45, 2.75) is 38.1 Å². The summed E-state index contributed by atoms with van der Waals surface area (Å²) in [5.74, 6) is 0. The number of thioether (sulfide) groups is 1. The van der Waals surface area contributed by atoms with Crippen molar-refractivity contribution in [3.05, 3.63) is 26.4 Å². The summed E-state index contributed by atoms with van der Waals surface area (Å²) < 4.78 is 1.19. The molecule has 1 N–H and O–H groups in total. The average Bonchev–Trinajstić information content (AvgIpc) is 2.31. The highest BCUT2D eigenvalue weighted by atomic mass is 32.2. The van der Waals surface area contributed by atoms with Crippen molar-refractivity contribution in [2.75, 3.05) is 12.9 Å². The lowest BCUT2D eigenvalue weighted by molar-refractivity contribution is 0.0765. The van der Waals surface area contributed by atoms with Crippen LogP contribution in [-0.4, -0.2) is 22.6 Å². The Morgan fingerprint density at radius 2 is 2.06 bits per heavy atom. The average molecular weight is 258 g/mol. The molecule has 0 saturated heterocycles. The van der Waals surface area contributed by atoms with Crippen molar-refractivity contribution < 1.29 is 4.84 Å². The van der Waals surface area contributed by atoms with E-state index in [0.29, 0.717) is 23.6 Å². The molecule has 0 aliphatic rings. The Kier molecular flexibility index (Phi) is 5.34. The van der Waals surface area contributed by atoms with Crippen LogP contribution in [0, 0.1) is 0 Å². The van der Waals surface area contributed by atoms with Crippen molar-refractivity contribution in [1.82, 2.24) is 9.71 Å². The maximum atomic E-state index is 11.7. The van der Waals surface area contributed by atoms with Gasteiger partial charge in [-0.15, -0.1) is 16.5 Å². The Morgan fingerprint density at radius 1 is 1.35 bits per heavy atom. The molecular formula is C11H18N2O3S. The number of aromatic amines is 1. The first-order valence-corrected chi connectivity index (χ1v) is 6.93. The molecule has 0 atom stereocenters. The summed E-state index contributed by atoms with van der Waals surface area (Å²) >= 11 is 1.35. The van der Waals surface area contributed by atoms with Crippen LogP contribution in [0.5, 0.6) is 0 Å². The lowest BCUT2D eigenvalue weighted by Gasteiger charge is -2.13. The zero-order valence-corrected chi connectivity index (χ0v) is 11.2. The molecule has 0 spiro atoms. The lowest BCUT2D eigenvalue weighted by Crippen LogP contribution is -2.37. The van der Waals surface area contributed by atoms with Crippen LogP contribution >= 0.6 is 11.8 Å². The Bertz CT molecular complexity index is 479. The molecule has 6 heteroatoms. The highest BCUT2D eigenvalue weighted by Gasteiger charge is 2.13.